The van der Waals surface area contributed by atoms with Crippen LogP contribution in [-0.2, 0) is 4.79 Å². The summed E-state index contributed by atoms with van der Waals surface area (Å²) in [5.74, 6) is 0.333. The fourth-order valence-corrected chi connectivity index (χ4v) is 3.34. The number of anilines is 1. The zero-order valence-corrected chi connectivity index (χ0v) is 16.2. The number of hydrazine groups is 1. The van der Waals surface area contributed by atoms with E-state index in [2.05, 4.69) is 31.5 Å². The molecule has 2 rings (SSSR count). The molecule has 1 saturated heterocycles. The normalized spacial score (nSPS) is 21.7. The lowest BCUT2D eigenvalue weighted by Gasteiger charge is -2.38. The number of hydrogen-bond acceptors (Lipinski definition) is 4. The monoisotopic (exact) mass is 361 g/mol. The van der Waals surface area contributed by atoms with E-state index in [1.165, 1.54) is 6.42 Å². The number of nitrogens with zero attached hydrogens (tertiary/aromatic N) is 1. The smallest absolute Gasteiger partial charge is 0.409 e. The van der Waals surface area contributed by atoms with Crippen molar-refractivity contribution in [2.45, 2.75) is 71.9 Å². The fourth-order valence-electron chi connectivity index (χ4n) is 3.34. The molecule has 2 N–H and O–H groups in total. The van der Waals surface area contributed by atoms with Crippen LogP contribution in [0, 0.1) is 5.92 Å². The first-order chi connectivity index (χ1) is 12.4. The van der Waals surface area contributed by atoms with Crippen LogP contribution >= 0.6 is 0 Å². The summed E-state index contributed by atoms with van der Waals surface area (Å²) < 4.78 is 5.40. The third-order valence-electron chi connectivity index (χ3n) is 4.90. The van der Waals surface area contributed by atoms with Gasteiger partial charge in [0.25, 0.3) is 0 Å². The van der Waals surface area contributed by atoms with Crippen molar-refractivity contribution in [3.05, 3.63) is 24.3 Å². The molecule has 1 heterocycles. The lowest BCUT2D eigenvalue weighted by Crippen LogP contribution is -2.54. The molecule has 1 aromatic carbocycles. The molecule has 1 aliphatic rings. The SMILES string of the molecule is CCCC(C)C(=O)Nc1cccc(OC(=O)NN2C(C)CCCC2C)c1. The van der Waals surface area contributed by atoms with Gasteiger partial charge in [-0.2, -0.15) is 0 Å². The van der Waals surface area contributed by atoms with Crippen LogP contribution in [0.4, 0.5) is 10.5 Å². The van der Waals surface area contributed by atoms with Crippen LogP contribution in [0.2, 0.25) is 0 Å². The maximum absolute atomic E-state index is 12.2. The molecule has 1 aliphatic heterocycles. The maximum atomic E-state index is 12.2. The van der Waals surface area contributed by atoms with E-state index in [0.717, 1.165) is 25.7 Å². The summed E-state index contributed by atoms with van der Waals surface area (Å²) in [4.78, 5) is 24.4. The minimum absolute atomic E-state index is 0.0237. The maximum Gasteiger partial charge on any atom is 0.427 e. The lowest BCUT2D eigenvalue weighted by atomic mass is 10.00. The van der Waals surface area contributed by atoms with Gasteiger partial charge >= 0.3 is 6.09 Å². The summed E-state index contributed by atoms with van der Waals surface area (Å²) in [5.41, 5.74) is 3.47. The van der Waals surface area contributed by atoms with Crippen LogP contribution in [0.25, 0.3) is 0 Å². The number of piperidine rings is 1. The summed E-state index contributed by atoms with van der Waals surface area (Å²) >= 11 is 0. The van der Waals surface area contributed by atoms with E-state index in [0.29, 0.717) is 11.4 Å². The number of nitrogens with one attached hydrogen (secondary N) is 2. The fraction of sp³-hybridized carbons (Fsp3) is 0.600. The molecule has 0 aliphatic carbocycles. The highest BCUT2D eigenvalue weighted by molar-refractivity contribution is 5.92. The Kier molecular flexibility index (Phi) is 7.45. The molecule has 2 amide bonds. The average Bonchev–Trinajstić information content (AvgIpc) is 2.59. The van der Waals surface area contributed by atoms with Gasteiger partial charge in [0.2, 0.25) is 5.91 Å². The molecule has 6 nitrogen and oxygen atoms in total. The summed E-state index contributed by atoms with van der Waals surface area (Å²) in [6, 6.07) is 7.49. The Morgan fingerprint density at radius 2 is 1.96 bits per heavy atom. The van der Waals surface area contributed by atoms with Crippen LogP contribution in [-0.4, -0.2) is 29.1 Å². The van der Waals surface area contributed by atoms with Crippen LogP contribution in [0.1, 0.15) is 59.8 Å². The highest BCUT2D eigenvalue weighted by Crippen LogP contribution is 2.22. The first-order valence-electron chi connectivity index (χ1n) is 9.58. The molecule has 3 unspecified atom stereocenters. The van der Waals surface area contributed by atoms with Crippen molar-refractivity contribution in [3.8, 4) is 5.75 Å². The highest BCUT2D eigenvalue weighted by atomic mass is 16.6. The Hall–Kier alpha value is -2.08. The van der Waals surface area contributed by atoms with E-state index in [4.69, 9.17) is 4.74 Å². The van der Waals surface area contributed by atoms with E-state index in [1.807, 2.05) is 11.9 Å². The first kappa shape index (κ1) is 20.2. The van der Waals surface area contributed by atoms with E-state index in [-0.39, 0.29) is 23.9 Å². The Bertz CT molecular complexity index is 610. The topological polar surface area (TPSA) is 70.7 Å². The van der Waals surface area contributed by atoms with Gasteiger partial charge in [0.05, 0.1) is 0 Å². The molecule has 0 spiro atoms. The van der Waals surface area contributed by atoms with Crippen molar-refractivity contribution < 1.29 is 14.3 Å². The molecule has 1 aromatic rings. The number of ether oxygens (including phenoxy) is 1. The molecular formula is C20H31N3O3. The lowest BCUT2D eigenvalue weighted by molar-refractivity contribution is -0.119. The van der Waals surface area contributed by atoms with Crippen molar-refractivity contribution in [1.82, 2.24) is 10.4 Å². The predicted molar refractivity (Wildman–Crippen MR) is 103 cm³/mol. The van der Waals surface area contributed by atoms with Gasteiger partial charge in [0, 0.05) is 29.8 Å². The quantitative estimate of drug-likeness (QED) is 0.791. The third kappa shape index (κ3) is 5.73. The Morgan fingerprint density at radius 3 is 2.62 bits per heavy atom. The number of benzene rings is 1. The van der Waals surface area contributed by atoms with Gasteiger partial charge in [-0.3, -0.25) is 10.2 Å². The third-order valence-corrected chi connectivity index (χ3v) is 4.90. The van der Waals surface area contributed by atoms with Crippen molar-refractivity contribution >= 4 is 17.7 Å². The first-order valence-corrected chi connectivity index (χ1v) is 9.58. The number of carbonyl (C=O) groups excluding carboxylic acids is 2. The number of rotatable bonds is 6. The van der Waals surface area contributed by atoms with E-state index in [9.17, 15) is 9.59 Å². The van der Waals surface area contributed by atoms with Crippen LogP contribution in [0.5, 0.6) is 5.75 Å². The van der Waals surface area contributed by atoms with Gasteiger partial charge in [0.15, 0.2) is 0 Å². The van der Waals surface area contributed by atoms with Gasteiger partial charge in [-0.15, -0.1) is 0 Å². The summed E-state index contributed by atoms with van der Waals surface area (Å²) in [5, 5.41) is 4.84. The van der Waals surface area contributed by atoms with Crippen molar-refractivity contribution in [1.29, 1.82) is 0 Å². The molecule has 0 radical (unpaired) electrons. The summed E-state index contributed by atoms with van der Waals surface area (Å²) in [6.07, 6.45) is 4.59. The number of hydrogen-bond donors (Lipinski definition) is 2. The van der Waals surface area contributed by atoms with E-state index >= 15 is 0 Å². The van der Waals surface area contributed by atoms with Crippen molar-refractivity contribution in [3.63, 3.8) is 0 Å². The Labute approximate surface area is 156 Å². The second-order valence-electron chi connectivity index (χ2n) is 7.24. The standard InChI is InChI=1S/C20H31N3O3/c1-5-8-14(2)19(24)21-17-11-7-12-18(13-17)26-20(25)22-23-15(3)9-6-10-16(23)4/h7,11-16H,5-6,8-10H2,1-4H3,(H,21,24)(H,22,25). The van der Waals surface area contributed by atoms with Gasteiger partial charge in [-0.1, -0.05) is 32.8 Å². The second-order valence-corrected chi connectivity index (χ2v) is 7.24. The van der Waals surface area contributed by atoms with Gasteiger partial charge in [-0.25, -0.2) is 9.80 Å². The molecule has 0 saturated carbocycles. The zero-order chi connectivity index (χ0) is 19.1. The summed E-state index contributed by atoms with van der Waals surface area (Å²) in [7, 11) is 0. The molecular weight excluding hydrogens is 330 g/mol. The molecule has 3 atom stereocenters. The minimum Gasteiger partial charge on any atom is -0.409 e. The molecule has 0 bridgehead atoms. The van der Waals surface area contributed by atoms with Crippen molar-refractivity contribution in [2.24, 2.45) is 5.92 Å². The molecule has 6 heteroatoms. The van der Waals surface area contributed by atoms with Gasteiger partial charge in [0.1, 0.15) is 5.75 Å². The minimum atomic E-state index is -0.506. The van der Waals surface area contributed by atoms with E-state index < -0.39 is 6.09 Å². The van der Waals surface area contributed by atoms with Crippen LogP contribution in [0.15, 0.2) is 24.3 Å². The Morgan fingerprint density at radius 1 is 1.27 bits per heavy atom. The zero-order valence-electron chi connectivity index (χ0n) is 16.2. The van der Waals surface area contributed by atoms with Crippen LogP contribution in [0.3, 0.4) is 0 Å². The molecule has 0 aromatic heterocycles. The molecule has 1 fully saturated rings. The van der Waals surface area contributed by atoms with Gasteiger partial charge < -0.3 is 10.1 Å². The molecule has 144 valence electrons. The van der Waals surface area contributed by atoms with Crippen molar-refractivity contribution in [2.75, 3.05) is 5.32 Å². The molecule has 26 heavy (non-hydrogen) atoms. The highest BCUT2D eigenvalue weighted by Gasteiger charge is 2.26. The van der Waals surface area contributed by atoms with Gasteiger partial charge in [-0.05, 0) is 45.2 Å². The number of carbonyl (C=O) groups is 2. The Balaban J connectivity index is 1.93. The largest absolute Gasteiger partial charge is 0.427 e. The average molecular weight is 361 g/mol. The predicted octanol–water partition coefficient (Wildman–Crippen LogP) is 4.33. The summed E-state index contributed by atoms with van der Waals surface area (Å²) in [6.45, 7) is 8.17. The second kappa shape index (κ2) is 9.57. The van der Waals surface area contributed by atoms with Crippen LogP contribution < -0.4 is 15.5 Å². The number of amides is 2. The van der Waals surface area contributed by atoms with E-state index in [1.54, 1.807) is 24.3 Å².